The summed E-state index contributed by atoms with van der Waals surface area (Å²) in [6.07, 6.45) is 0. The number of ether oxygens (including phenoxy) is 1. The first-order chi connectivity index (χ1) is 5.65. The van der Waals surface area contributed by atoms with E-state index < -0.39 is 0 Å². The van der Waals surface area contributed by atoms with E-state index >= 15 is 0 Å². The van der Waals surface area contributed by atoms with E-state index in [0.29, 0.717) is 21.9 Å². The molecule has 0 saturated heterocycles. The topological polar surface area (TPSA) is 9.23 Å². The molecule has 1 rings (SSSR count). The Morgan fingerprint density at radius 2 is 2.25 bits per heavy atom. The van der Waals surface area contributed by atoms with E-state index in [4.69, 9.17) is 16.3 Å². The molecule has 0 fully saturated rings. The molecule has 0 radical (unpaired) electrons. The van der Waals surface area contributed by atoms with Crippen molar-refractivity contribution in [3.05, 3.63) is 27.4 Å². The van der Waals surface area contributed by atoms with Crippen LogP contribution < -0.4 is 4.74 Å². The SMILES string of the molecule is CCOc1cc(F)c(Br)cc1Cl. The molecule has 0 aromatic heterocycles. The van der Waals surface area contributed by atoms with Crippen molar-refractivity contribution in [1.29, 1.82) is 0 Å². The van der Waals surface area contributed by atoms with Gasteiger partial charge in [0.25, 0.3) is 0 Å². The van der Waals surface area contributed by atoms with Crippen LogP contribution >= 0.6 is 27.5 Å². The maximum atomic E-state index is 12.9. The van der Waals surface area contributed by atoms with Crippen LogP contribution in [-0.2, 0) is 0 Å². The molecule has 0 saturated carbocycles. The Kier molecular flexibility index (Phi) is 3.35. The molecule has 0 unspecified atom stereocenters. The Morgan fingerprint density at radius 1 is 1.58 bits per heavy atom. The minimum absolute atomic E-state index is 0.343. The minimum Gasteiger partial charge on any atom is -0.492 e. The second kappa shape index (κ2) is 4.10. The predicted octanol–water partition coefficient (Wildman–Crippen LogP) is 3.64. The predicted molar refractivity (Wildman–Crippen MR) is 50.3 cm³/mol. The van der Waals surface area contributed by atoms with E-state index in [1.54, 1.807) is 0 Å². The Labute approximate surface area is 83.6 Å². The molecule has 66 valence electrons. The van der Waals surface area contributed by atoms with Gasteiger partial charge in [-0.25, -0.2) is 4.39 Å². The zero-order valence-electron chi connectivity index (χ0n) is 6.40. The van der Waals surface area contributed by atoms with Gasteiger partial charge in [-0.05, 0) is 28.9 Å². The van der Waals surface area contributed by atoms with Crippen LogP contribution in [0, 0.1) is 5.82 Å². The molecule has 1 aromatic rings. The van der Waals surface area contributed by atoms with Crippen LogP contribution in [-0.4, -0.2) is 6.61 Å². The summed E-state index contributed by atoms with van der Waals surface area (Å²) in [5.74, 6) is 0.00252. The third-order valence-corrected chi connectivity index (χ3v) is 2.18. The molecular formula is C8H7BrClFO. The lowest BCUT2D eigenvalue weighted by Gasteiger charge is -2.05. The molecule has 0 aliphatic carbocycles. The summed E-state index contributed by atoms with van der Waals surface area (Å²) in [7, 11) is 0. The summed E-state index contributed by atoms with van der Waals surface area (Å²) in [5.41, 5.74) is 0. The largest absolute Gasteiger partial charge is 0.492 e. The number of halogens is 3. The Bertz CT molecular complexity index is 291. The van der Waals surface area contributed by atoms with E-state index in [0.717, 1.165) is 0 Å². The van der Waals surface area contributed by atoms with E-state index in [1.165, 1.54) is 12.1 Å². The molecule has 0 bridgehead atoms. The van der Waals surface area contributed by atoms with Crippen LogP contribution in [0.4, 0.5) is 4.39 Å². The summed E-state index contributed by atoms with van der Waals surface area (Å²) in [6.45, 7) is 2.29. The smallest absolute Gasteiger partial charge is 0.141 e. The van der Waals surface area contributed by atoms with Gasteiger partial charge in [0.05, 0.1) is 16.1 Å². The second-order valence-corrected chi connectivity index (χ2v) is 3.39. The lowest BCUT2D eigenvalue weighted by atomic mass is 10.3. The van der Waals surface area contributed by atoms with Crippen LogP contribution in [0.15, 0.2) is 16.6 Å². The van der Waals surface area contributed by atoms with Crippen molar-refractivity contribution in [1.82, 2.24) is 0 Å². The maximum Gasteiger partial charge on any atom is 0.141 e. The highest BCUT2D eigenvalue weighted by Gasteiger charge is 2.06. The van der Waals surface area contributed by atoms with Gasteiger partial charge in [0, 0.05) is 6.07 Å². The van der Waals surface area contributed by atoms with E-state index in [9.17, 15) is 4.39 Å². The molecule has 0 heterocycles. The molecule has 0 amide bonds. The average Bonchev–Trinajstić information content (AvgIpc) is 2.01. The summed E-state index contributed by atoms with van der Waals surface area (Å²) in [5, 5.41) is 0.408. The number of hydrogen-bond donors (Lipinski definition) is 0. The number of hydrogen-bond acceptors (Lipinski definition) is 1. The molecule has 0 spiro atoms. The molecule has 0 aliphatic rings. The Hall–Kier alpha value is -0.280. The molecule has 4 heteroatoms. The number of benzene rings is 1. The zero-order chi connectivity index (χ0) is 9.14. The van der Waals surface area contributed by atoms with Gasteiger partial charge in [-0.15, -0.1) is 0 Å². The van der Waals surface area contributed by atoms with E-state index in [-0.39, 0.29) is 5.82 Å². The zero-order valence-corrected chi connectivity index (χ0v) is 8.75. The van der Waals surface area contributed by atoms with Crippen LogP contribution in [0.3, 0.4) is 0 Å². The van der Waals surface area contributed by atoms with Gasteiger partial charge in [-0.2, -0.15) is 0 Å². The van der Waals surface area contributed by atoms with Crippen molar-refractivity contribution >= 4 is 27.5 Å². The van der Waals surface area contributed by atoms with Gasteiger partial charge in [0.2, 0.25) is 0 Å². The summed E-state index contributed by atoms with van der Waals surface area (Å²) in [4.78, 5) is 0. The van der Waals surface area contributed by atoms with Gasteiger partial charge in [0.1, 0.15) is 11.6 Å². The first-order valence-electron chi connectivity index (χ1n) is 3.42. The fraction of sp³-hybridized carbons (Fsp3) is 0.250. The monoisotopic (exact) mass is 252 g/mol. The van der Waals surface area contributed by atoms with Crippen molar-refractivity contribution in [3.63, 3.8) is 0 Å². The average molecular weight is 253 g/mol. The van der Waals surface area contributed by atoms with Crippen molar-refractivity contribution in [2.24, 2.45) is 0 Å². The second-order valence-electron chi connectivity index (χ2n) is 2.13. The maximum absolute atomic E-state index is 12.9. The van der Waals surface area contributed by atoms with E-state index in [1.807, 2.05) is 6.92 Å². The van der Waals surface area contributed by atoms with Crippen LogP contribution in [0.1, 0.15) is 6.92 Å². The standard InChI is InChI=1S/C8H7BrClFO/c1-2-12-8-4-7(11)5(9)3-6(8)10/h3-4H,2H2,1H3. The highest BCUT2D eigenvalue weighted by Crippen LogP contribution is 2.30. The lowest BCUT2D eigenvalue weighted by Crippen LogP contribution is -1.93. The molecule has 0 N–H and O–H groups in total. The van der Waals surface area contributed by atoms with Gasteiger partial charge in [-0.3, -0.25) is 0 Å². The van der Waals surface area contributed by atoms with Crippen LogP contribution in [0.25, 0.3) is 0 Å². The highest BCUT2D eigenvalue weighted by molar-refractivity contribution is 9.10. The van der Waals surface area contributed by atoms with Crippen molar-refractivity contribution in [3.8, 4) is 5.75 Å². The third-order valence-electron chi connectivity index (χ3n) is 1.27. The normalized spacial score (nSPS) is 10.0. The highest BCUT2D eigenvalue weighted by atomic mass is 79.9. The molecule has 12 heavy (non-hydrogen) atoms. The van der Waals surface area contributed by atoms with Gasteiger partial charge in [0.15, 0.2) is 0 Å². The first kappa shape index (κ1) is 9.81. The van der Waals surface area contributed by atoms with Gasteiger partial charge in [-0.1, -0.05) is 11.6 Å². The number of rotatable bonds is 2. The third kappa shape index (κ3) is 2.11. The first-order valence-corrected chi connectivity index (χ1v) is 4.59. The minimum atomic E-state index is -0.372. The quantitative estimate of drug-likeness (QED) is 0.731. The van der Waals surface area contributed by atoms with Crippen LogP contribution in [0.2, 0.25) is 5.02 Å². The molecule has 0 aliphatic heterocycles. The summed E-state index contributed by atoms with van der Waals surface area (Å²) < 4.78 is 18.3. The fourth-order valence-electron chi connectivity index (χ4n) is 0.770. The lowest BCUT2D eigenvalue weighted by molar-refractivity contribution is 0.338. The molecule has 0 atom stereocenters. The van der Waals surface area contributed by atoms with Gasteiger partial charge >= 0.3 is 0 Å². The molecular weight excluding hydrogens is 246 g/mol. The summed E-state index contributed by atoms with van der Waals surface area (Å²) in [6, 6.07) is 2.73. The van der Waals surface area contributed by atoms with Gasteiger partial charge < -0.3 is 4.74 Å². The van der Waals surface area contributed by atoms with E-state index in [2.05, 4.69) is 15.9 Å². The van der Waals surface area contributed by atoms with Crippen molar-refractivity contribution < 1.29 is 9.13 Å². The Morgan fingerprint density at radius 3 is 2.83 bits per heavy atom. The van der Waals surface area contributed by atoms with Crippen molar-refractivity contribution in [2.45, 2.75) is 6.92 Å². The van der Waals surface area contributed by atoms with Crippen molar-refractivity contribution in [2.75, 3.05) is 6.61 Å². The fourth-order valence-corrected chi connectivity index (χ4v) is 1.46. The Balaban J connectivity index is 3.05. The molecule has 1 aromatic carbocycles. The molecule has 1 nitrogen and oxygen atoms in total. The summed E-state index contributed by atoms with van der Waals surface area (Å²) >= 11 is 8.77. The van der Waals surface area contributed by atoms with Crippen LogP contribution in [0.5, 0.6) is 5.75 Å².